The van der Waals surface area contributed by atoms with Gasteiger partial charge in [-0.3, -0.25) is 13.9 Å². The van der Waals surface area contributed by atoms with Gasteiger partial charge in [0.2, 0.25) is 0 Å². The van der Waals surface area contributed by atoms with Crippen molar-refractivity contribution in [3.05, 3.63) is 25.6 Å². The predicted molar refractivity (Wildman–Crippen MR) is 73.9 cm³/mol. The molecule has 2 rings (SSSR count). The lowest BCUT2D eigenvalue weighted by atomic mass is 10.5. The molecule has 0 fully saturated rings. The summed E-state index contributed by atoms with van der Waals surface area (Å²) < 4.78 is 2.79. The van der Waals surface area contributed by atoms with Crippen LogP contribution in [0.1, 0.15) is 0 Å². The number of nitrogens with one attached hydrogen (secondary N) is 1. The third-order valence-electron chi connectivity index (χ3n) is 2.07. The molecule has 0 unspecified atom stereocenters. The Morgan fingerprint density at radius 3 is 2.17 bits per heavy atom. The molecule has 8 heteroatoms. The van der Waals surface area contributed by atoms with E-state index < -0.39 is 0 Å². The van der Waals surface area contributed by atoms with Crippen LogP contribution in [-0.2, 0) is 14.1 Å². The third-order valence-corrected chi connectivity index (χ3v) is 2.44. The normalized spacial score (nSPS) is 10.6. The van der Waals surface area contributed by atoms with Crippen LogP contribution < -0.4 is 11.2 Å². The number of nitrogens with zero attached hydrogens (tertiary/aromatic N) is 4. The standard InChI is InChI=1S/C7H7BrN4O2.C3H9N/c1-11-4-3(9-6(8)10-4)5(13)12(2)7(11)14;1-4(2)3/h1-2H3,(H,9,10);1-3H3. The molecule has 0 spiro atoms. The van der Waals surface area contributed by atoms with Crippen LogP contribution in [0, 0.1) is 0 Å². The van der Waals surface area contributed by atoms with E-state index in [2.05, 4.69) is 25.9 Å². The zero-order valence-electron chi connectivity index (χ0n) is 11.0. The van der Waals surface area contributed by atoms with Crippen LogP contribution >= 0.6 is 15.9 Å². The first-order valence-corrected chi connectivity index (χ1v) is 5.97. The number of aryl methyl sites for hydroxylation is 1. The molecule has 0 saturated carbocycles. The summed E-state index contributed by atoms with van der Waals surface area (Å²) in [7, 11) is 9.00. The number of aromatic nitrogens is 4. The lowest BCUT2D eigenvalue weighted by Gasteiger charge is -2.00. The first kappa shape index (κ1) is 14.7. The van der Waals surface area contributed by atoms with Gasteiger partial charge >= 0.3 is 5.69 Å². The molecular weight excluding hydrogens is 302 g/mol. The summed E-state index contributed by atoms with van der Waals surface area (Å²) in [5.74, 6) is 0. The Kier molecular flexibility index (Phi) is 4.47. The highest BCUT2D eigenvalue weighted by Crippen LogP contribution is 2.08. The second-order valence-corrected chi connectivity index (χ2v) is 5.02. The zero-order valence-corrected chi connectivity index (χ0v) is 12.6. The lowest BCUT2D eigenvalue weighted by molar-refractivity contribution is 0.505. The zero-order chi connectivity index (χ0) is 14.0. The minimum Gasteiger partial charge on any atom is -0.327 e. The highest BCUT2D eigenvalue weighted by atomic mass is 79.9. The molecule has 7 nitrogen and oxygen atoms in total. The van der Waals surface area contributed by atoms with E-state index in [4.69, 9.17) is 0 Å². The van der Waals surface area contributed by atoms with Crippen molar-refractivity contribution in [1.82, 2.24) is 24.0 Å². The van der Waals surface area contributed by atoms with E-state index in [1.807, 2.05) is 26.0 Å². The van der Waals surface area contributed by atoms with E-state index >= 15 is 0 Å². The van der Waals surface area contributed by atoms with Crippen molar-refractivity contribution >= 4 is 27.1 Å². The van der Waals surface area contributed by atoms with Crippen LogP contribution in [0.2, 0.25) is 0 Å². The molecule has 100 valence electrons. The number of hydrogen-bond acceptors (Lipinski definition) is 4. The Balaban J connectivity index is 0.000000357. The van der Waals surface area contributed by atoms with E-state index in [0.29, 0.717) is 15.9 Å². The van der Waals surface area contributed by atoms with Gasteiger partial charge in [0.05, 0.1) is 0 Å². The number of fused-ring (bicyclic) bond motifs is 1. The molecule has 2 heterocycles. The van der Waals surface area contributed by atoms with Gasteiger partial charge in [-0.1, -0.05) is 0 Å². The molecule has 0 amide bonds. The minimum atomic E-state index is -0.387. The number of H-pyrrole nitrogens is 1. The first-order valence-electron chi connectivity index (χ1n) is 5.17. The molecule has 0 aliphatic heterocycles. The molecule has 0 aromatic carbocycles. The Hall–Kier alpha value is -1.41. The lowest BCUT2D eigenvalue weighted by Crippen LogP contribution is -2.36. The van der Waals surface area contributed by atoms with Crippen LogP contribution in [0.5, 0.6) is 0 Å². The maximum absolute atomic E-state index is 11.6. The Morgan fingerprint density at radius 1 is 1.17 bits per heavy atom. The Labute approximate surface area is 112 Å². The van der Waals surface area contributed by atoms with E-state index in [9.17, 15) is 9.59 Å². The van der Waals surface area contributed by atoms with Gasteiger partial charge in [0.15, 0.2) is 15.9 Å². The molecule has 0 bridgehead atoms. The van der Waals surface area contributed by atoms with Crippen molar-refractivity contribution in [2.45, 2.75) is 0 Å². The smallest absolute Gasteiger partial charge is 0.327 e. The Bertz CT molecular complexity index is 664. The average molecular weight is 318 g/mol. The molecule has 0 radical (unpaired) electrons. The van der Waals surface area contributed by atoms with Gasteiger partial charge in [-0.15, -0.1) is 0 Å². The fourth-order valence-electron chi connectivity index (χ4n) is 1.30. The van der Waals surface area contributed by atoms with Gasteiger partial charge in [0, 0.05) is 14.1 Å². The molecule has 2 aromatic rings. The largest absolute Gasteiger partial charge is 0.332 e. The minimum absolute atomic E-state index is 0.321. The van der Waals surface area contributed by atoms with Gasteiger partial charge < -0.3 is 9.88 Å². The number of rotatable bonds is 0. The summed E-state index contributed by atoms with van der Waals surface area (Å²) in [6.07, 6.45) is 0. The quantitative estimate of drug-likeness (QED) is 0.688. The number of aromatic amines is 1. The van der Waals surface area contributed by atoms with Crippen LogP contribution in [0.3, 0.4) is 0 Å². The van der Waals surface area contributed by atoms with E-state index in [1.165, 1.54) is 11.6 Å². The van der Waals surface area contributed by atoms with Crippen LogP contribution in [0.25, 0.3) is 11.2 Å². The van der Waals surface area contributed by atoms with Crippen LogP contribution in [-0.4, -0.2) is 45.1 Å². The number of halogens is 1. The Morgan fingerprint density at radius 2 is 1.67 bits per heavy atom. The van der Waals surface area contributed by atoms with Crippen molar-refractivity contribution in [3.63, 3.8) is 0 Å². The van der Waals surface area contributed by atoms with Crippen molar-refractivity contribution in [2.24, 2.45) is 14.1 Å². The van der Waals surface area contributed by atoms with Crippen molar-refractivity contribution in [2.75, 3.05) is 21.1 Å². The predicted octanol–water partition coefficient (Wildman–Crippen LogP) is -0.0994. The van der Waals surface area contributed by atoms with Gasteiger partial charge in [0.1, 0.15) is 0 Å². The summed E-state index contributed by atoms with van der Waals surface area (Å²) >= 11 is 3.11. The van der Waals surface area contributed by atoms with Crippen molar-refractivity contribution < 1.29 is 0 Å². The van der Waals surface area contributed by atoms with Gasteiger partial charge in [-0.2, -0.15) is 0 Å². The number of hydrogen-bond donors (Lipinski definition) is 1. The van der Waals surface area contributed by atoms with E-state index in [1.54, 1.807) is 7.05 Å². The van der Waals surface area contributed by atoms with E-state index in [0.717, 1.165) is 4.57 Å². The monoisotopic (exact) mass is 317 g/mol. The summed E-state index contributed by atoms with van der Waals surface area (Å²) in [4.78, 5) is 31.8. The summed E-state index contributed by atoms with van der Waals surface area (Å²) in [6.45, 7) is 0. The highest BCUT2D eigenvalue weighted by Gasteiger charge is 2.11. The summed E-state index contributed by atoms with van der Waals surface area (Å²) in [6, 6.07) is 0. The fourth-order valence-corrected chi connectivity index (χ4v) is 1.66. The van der Waals surface area contributed by atoms with E-state index in [-0.39, 0.29) is 11.2 Å². The highest BCUT2D eigenvalue weighted by molar-refractivity contribution is 9.10. The fraction of sp³-hybridized carbons (Fsp3) is 0.500. The second-order valence-electron chi connectivity index (χ2n) is 4.27. The van der Waals surface area contributed by atoms with Gasteiger partial charge in [0.25, 0.3) is 5.56 Å². The maximum atomic E-state index is 11.6. The average Bonchev–Trinajstić information content (AvgIpc) is 2.65. The molecule has 0 saturated heterocycles. The molecular formula is C10H16BrN5O2. The van der Waals surface area contributed by atoms with Crippen molar-refractivity contribution in [3.8, 4) is 0 Å². The SMILES string of the molecule is CN(C)C.Cn1c(=O)c2[nH]c(Br)nc2n(C)c1=O. The molecule has 0 aliphatic rings. The molecule has 1 N–H and O–H groups in total. The molecule has 0 aliphatic carbocycles. The third kappa shape index (κ3) is 2.88. The van der Waals surface area contributed by atoms with Crippen molar-refractivity contribution in [1.29, 1.82) is 0 Å². The molecule has 2 aromatic heterocycles. The first-order chi connectivity index (χ1) is 8.25. The summed E-state index contributed by atoms with van der Waals surface area (Å²) in [5, 5.41) is 0. The number of imidazole rings is 1. The van der Waals surface area contributed by atoms with Crippen LogP contribution in [0.15, 0.2) is 14.3 Å². The summed E-state index contributed by atoms with van der Waals surface area (Å²) in [5.41, 5.74) is -0.0887. The van der Waals surface area contributed by atoms with Gasteiger partial charge in [-0.25, -0.2) is 9.78 Å². The maximum Gasteiger partial charge on any atom is 0.332 e. The van der Waals surface area contributed by atoms with Gasteiger partial charge in [-0.05, 0) is 37.1 Å². The second kappa shape index (κ2) is 5.49. The molecule has 18 heavy (non-hydrogen) atoms. The topological polar surface area (TPSA) is 75.9 Å². The molecule has 0 atom stereocenters. The van der Waals surface area contributed by atoms with Crippen LogP contribution in [0.4, 0.5) is 0 Å².